The monoisotopic (exact) mass is 1940 g/mol. The summed E-state index contributed by atoms with van der Waals surface area (Å²) < 4.78 is 48.5. The number of allylic oxidation sites excluding steroid dienone is 24. The number of aliphatic hydroxyl groups is 18. The minimum absolute atomic E-state index is 0.0426. The summed E-state index contributed by atoms with van der Waals surface area (Å²) in [6.07, 6.45) is 5.47. The molecule has 0 saturated carbocycles. The Bertz CT molecular complexity index is 4070. The fourth-order valence-electron chi connectivity index (χ4n) is 17.2. The van der Waals surface area contributed by atoms with Gasteiger partial charge in [-0.25, -0.2) is 0 Å². The molecule has 38 heteroatoms. The van der Waals surface area contributed by atoms with E-state index in [9.17, 15) is 121 Å². The van der Waals surface area contributed by atoms with Crippen LogP contribution in [0.15, 0.2) is 170 Å². The Morgan fingerprint density at radius 1 is 0.387 bits per heavy atom. The van der Waals surface area contributed by atoms with Crippen molar-refractivity contribution in [1.82, 2.24) is 16.0 Å². The Morgan fingerprint density at radius 2 is 0.752 bits per heavy atom. The molecule has 4 bridgehead atoms. The van der Waals surface area contributed by atoms with Gasteiger partial charge in [0.05, 0.1) is 159 Å². The van der Waals surface area contributed by atoms with E-state index in [0.29, 0.717) is 0 Å². The molecule has 0 aromatic rings. The van der Waals surface area contributed by atoms with Gasteiger partial charge in [-0.15, -0.1) is 0 Å². The molecule has 0 aromatic carbocycles. The Morgan fingerprint density at radius 3 is 1.15 bits per heavy atom. The lowest BCUT2D eigenvalue weighted by atomic mass is 9.82. The Hall–Kier alpha value is -7.41. The van der Waals surface area contributed by atoms with Crippen molar-refractivity contribution in [3.05, 3.63) is 170 Å². The van der Waals surface area contributed by atoms with Gasteiger partial charge in [0.15, 0.2) is 24.2 Å². The molecule has 137 heavy (non-hydrogen) atoms. The number of fused-ring (bicyclic) bond motifs is 4. The van der Waals surface area contributed by atoms with Crippen LogP contribution in [-0.4, -0.2) is 341 Å². The maximum Gasteiger partial charge on any atom is 0.311 e. The Kier molecular flexibility index (Phi) is 51.9. The van der Waals surface area contributed by atoms with E-state index in [1.54, 1.807) is 206 Å². The van der Waals surface area contributed by atoms with Crippen molar-refractivity contribution in [2.24, 2.45) is 52.7 Å². The van der Waals surface area contributed by atoms with Gasteiger partial charge in [-0.3, -0.25) is 24.0 Å². The molecule has 0 radical (unpaired) electrons. The van der Waals surface area contributed by atoms with Crippen molar-refractivity contribution in [1.29, 1.82) is 0 Å². The highest BCUT2D eigenvalue weighted by atomic mass is 16.7. The number of ether oxygens (including phenoxy) is 8. The third-order valence-electron chi connectivity index (χ3n) is 25.7. The topological polar surface area (TPSA) is 658 Å². The van der Waals surface area contributed by atoms with E-state index in [-0.39, 0.29) is 69.9 Å². The zero-order valence-electron chi connectivity index (χ0n) is 79.6. The molecule has 774 valence electrons. The number of amides is 2. The van der Waals surface area contributed by atoms with Crippen molar-refractivity contribution >= 4 is 29.7 Å². The van der Waals surface area contributed by atoms with Gasteiger partial charge in [0.1, 0.15) is 30.3 Å². The van der Waals surface area contributed by atoms with Gasteiger partial charge >= 0.3 is 17.9 Å². The van der Waals surface area contributed by atoms with Crippen molar-refractivity contribution in [2.45, 2.75) is 359 Å². The standard InChI is InChI=1S/C99H156N6O32/c1-57-34-29-25-21-17-13-9-11-15-19-23-27-31-36-71(134-96-92(123)88(102)86(100)63(7)132-96)50-79-84(77(116)54-98(128,136-79)52-69(110)46-75(114)73(112)40-38-65(106)44-67(108)48-82(119)130-61(5)59(3)90(57)121)94(125)105-56-81(118)103-42-33-43-104-89-87(101)64(8)133-97(93(89)124)135-72-37-32-28-24-20-16-12-10-14-18-22-26-30-35-58(2)91(122)60(4)62(6)131-83(120)49-68(109)45-66(107)39-41-74(113)76(115)47-70(111)53-99(129)55-78(117)85(95(126)127)80(51-72)137-99/h9-32,34-37,57-80,84-93,96-97,104,106-117,121-124,128-129H,33,38-56,100-102H2,1-8H3,(H,103,118)(H,105,125)(H,126,127)/b11-9+,12-10+,17-13+,18-14+,19-15+,20-16+,25-21+,26-22+,27-23+,28-24+,34-29+,35-30+,36-31+,37-32+/t57-,58-,59-,60-,61-,62-,63+,64+,65+,66+,67+,68+,69-,70-,71-,72-,73+,74+,75+,76+,77-,78-,79-,80-,84+,85+,86+,87+,88-,89-,90+,91+,92-,93-,96-,97-,98+,99+/m0/s1. The first-order valence-corrected chi connectivity index (χ1v) is 47.6. The summed E-state index contributed by atoms with van der Waals surface area (Å²) in [5.74, 6) is -14.7. The highest BCUT2D eigenvalue weighted by Gasteiger charge is 2.54. The average Bonchev–Trinajstić information content (AvgIpc) is 0.782. The van der Waals surface area contributed by atoms with Crippen LogP contribution in [0.2, 0.25) is 0 Å². The minimum Gasteiger partial charge on any atom is -0.481 e. The third-order valence-corrected chi connectivity index (χ3v) is 25.7. The van der Waals surface area contributed by atoms with Gasteiger partial charge in [0.25, 0.3) is 0 Å². The first-order valence-electron chi connectivity index (χ1n) is 47.6. The molecule has 6 aliphatic rings. The van der Waals surface area contributed by atoms with Crippen molar-refractivity contribution in [2.75, 3.05) is 19.6 Å². The van der Waals surface area contributed by atoms with E-state index in [1.165, 1.54) is 12.2 Å². The summed E-state index contributed by atoms with van der Waals surface area (Å²) in [7, 11) is 0. The molecule has 0 aromatic heterocycles. The van der Waals surface area contributed by atoms with Gasteiger partial charge in [0, 0.05) is 93.7 Å². The van der Waals surface area contributed by atoms with Gasteiger partial charge < -0.3 is 168 Å². The SMILES string of the molecule is C[C@@H]1[C@H](O)[C@@H](C)/C=C/C=C/C=C/C=C/C=C/C=C/C=C/[C@H](O[C@@H]2O[C@H](C)[C@@H](N)[C@H](NCCCNC(=O)CNC(=O)[C@H]3[C@@H]4C[C@@H](O[C@@H]5O[C@H](C)[C@@H](N)[C@H](N)[C@@H]5O)/C=C/C=C/C=C/C=C/C=C/C=C/C=C/[C@H](C)[C@@H](O)[C@@H](C)[C@H](C)OC(=O)C[C@H](O)C[C@H](O)CC[C@@H](O)[C@H](O)C[C@H](O)C[C@](O)(C[C@@H]3O)O4)[C@@H]2O)C[C@@H]2O[C@](O)(C[C@@H](O)C[C@@H](O)[C@H](O)CC[C@@H](O)C[C@@H](O)CC(=O)O[C@H]1C)C[C@H](O)[C@H]2C(=O)O. The van der Waals surface area contributed by atoms with Gasteiger partial charge in [-0.1, -0.05) is 198 Å². The molecule has 6 rings (SSSR count). The number of carboxylic acid groups (broad SMARTS) is 1. The summed E-state index contributed by atoms with van der Waals surface area (Å²) in [6, 6.07) is -3.77. The Balaban J connectivity index is 1.18. The predicted molar refractivity (Wildman–Crippen MR) is 505 cm³/mol. The third kappa shape index (κ3) is 41.2. The van der Waals surface area contributed by atoms with E-state index >= 15 is 0 Å². The maximum atomic E-state index is 14.6. The second kappa shape index (κ2) is 60.1. The molecular weight excluding hydrogens is 1790 g/mol. The summed E-state index contributed by atoms with van der Waals surface area (Å²) in [5.41, 5.74) is 19.3. The molecule has 0 spiro atoms. The van der Waals surface area contributed by atoms with Crippen molar-refractivity contribution in [3.63, 3.8) is 0 Å². The van der Waals surface area contributed by atoms with Crippen LogP contribution in [0.5, 0.6) is 0 Å². The number of aliphatic hydroxyl groups excluding tert-OH is 16. The second-order valence-electron chi connectivity index (χ2n) is 37.3. The normalized spacial score (nSPS) is 43.8. The van der Waals surface area contributed by atoms with Crippen LogP contribution in [0.3, 0.4) is 0 Å². The zero-order chi connectivity index (χ0) is 101. The molecule has 28 N–H and O–H groups in total. The molecule has 0 aliphatic carbocycles. The number of hydrogen-bond acceptors (Lipinski definition) is 35. The lowest BCUT2D eigenvalue weighted by molar-refractivity contribution is -0.307. The molecule has 4 fully saturated rings. The maximum absolute atomic E-state index is 14.6. The smallest absolute Gasteiger partial charge is 0.311 e. The summed E-state index contributed by atoms with van der Waals surface area (Å²) in [5, 5.41) is 223. The average molecular weight is 1940 g/mol. The molecule has 0 unspecified atom stereocenters. The Labute approximate surface area is 802 Å². The summed E-state index contributed by atoms with van der Waals surface area (Å²) >= 11 is 0. The van der Waals surface area contributed by atoms with Crippen LogP contribution >= 0.6 is 0 Å². The lowest BCUT2D eigenvalue weighted by Gasteiger charge is -2.46. The van der Waals surface area contributed by atoms with Crippen LogP contribution in [0.1, 0.15) is 165 Å². The molecule has 38 atom stereocenters. The van der Waals surface area contributed by atoms with Crippen molar-refractivity contribution in [3.8, 4) is 0 Å². The molecule has 38 nitrogen and oxygen atoms in total. The number of nitrogens with one attached hydrogen (secondary N) is 3. The van der Waals surface area contributed by atoms with E-state index in [1.807, 2.05) is 6.92 Å². The number of carbonyl (C=O) groups is 5. The summed E-state index contributed by atoms with van der Waals surface area (Å²) in [4.78, 5) is 67.1. The number of cyclic esters (lactones) is 2. The van der Waals surface area contributed by atoms with Crippen molar-refractivity contribution < 1.29 is 159 Å². The quantitative estimate of drug-likeness (QED) is 0.0884. The zero-order valence-corrected chi connectivity index (χ0v) is 79.6. The number of esters is 2. The molecule has 6 heterocycles. The molecule has 4 saturated heterocycles. The van der Waals surface area contributed by atoms with Gasteiger partial charge in [-0.2, -0.15) is 0 Å². The lowest BCUT2D eigenvalue weighted by Crippen LogP contribution is -2.66. The van der Waals surface area contributed by atoms with Gasteiger partial charge in [0.2, 0.25) is 11.8 Å². The number of aliphatic carboxylic acids is 1. The van der Waals surface area contributed by atoms with Crippen LogP contribution in [0.25, 0.3) is 0 Å². The molecular formula is C99H156N6O32. The van der Waals surface area contributed by atoms with E-state index in [4.69, 9.17) is 55.1 Å². The highest BCUT2D eigenvalue weighted by Crippen LogP contribution is 2.41. The van der Waals surface area contributed by atoms with Crippen LogP contribution in [-0.2, 0) is 61.9 Å². The highest BCUT2D eigenvalue weighted by molar-refractivity contribution is 5.86. The van der Waals surface area contributed by atoms with Crippen LogP contribution < -0.4 is 33.2 Å². The fourth-order valence-corrected chi connectivity index (χ4v) is 17.2. The number of rotatable bonds is 13. The molecule has 6 aliphatic heterocycles. The first kappa shape index (κ1) is 118. The predicted octanol–water partition coefficient (Wildman–Crippen LogP) is 0.539. The van der Waals surface area contributed by atoms with Crippen LogP contribution in [0.4, 0.5) is 0 Å². The summed E-state index contributed by atoms with van der Waals surface area (Å²) in [6.45, 7) is 12.9. The van der Waals surface area contributed by atoms with E-state index in [2.05, 4.69) is 16.0 Å². The molecule has 2 amide bonds. The van der Waals surface area contributed by atoms with E-state index < -0.39 is 319 Å². The second-order valence-corrected chi connectivity index (χ2v) is 37.3. The number of hydrogen-bond donors (Lipinski definition) is 25. The fraction of sp³-hybridized carbons (Fsp3) is 0.667. The number of nitrogens with two attached hydrogens (primary N) is 3. The number of carbonyl (C=O) groups excluding carboxylic acids is 4. The number of carboxylic acids is 1. The largest absolute Gasteiger partial charge is 0.481 e. The minimum atomic E-state index is -2.48. The van der Waals surface area contributed by atoms with Crippen LogP contribution in [0, 0.1) is 35.5 Å². The van der Waals surface area contributed by atoms with E-state index in [0.717, 1.165) is 0 Å². The van der Waals surface area contributed by atoms with Gasteiger partial charge in [-0.05, 0) is 79.2 Å². The first-order chi connectivity index (χ1) is 64.8.